The molecule has 2 N–H and O–H groups in total. The summed E-state index contributed by atoms with van der Waals surface area (Å²) in [4.78, 5) is 0. The van der Waals surface area contributed by atoms with Gasteiger partial charge in [0, 0.05) is 24.8 Å². The summed E-state index contributed by atoms with van der Waals surface area (Å²) in [7, 11) is 0. The molecule has 0 amide bonds. The third-order valence-corrected chi connectivity index (χ3v) is 2.09. The fourth-order valence-corrected chi connectivity index (χ4v) is 1.24. The Kier molecular flexibility index (Phi) is 3.88. The molecule has 86 valence electrons. The molecule has 4 nitrogen and oxygen atoms in total. The van der Waals surface area contributed by atoms with Gasteiger partial charge in [0.15, 0.2) is 0 Å². The summed E-state index contributed by atoms with van der Waals surface area (Å²) in [5, 5.41) is 16.5. The Bertz CT molecular complexity index is 299. The molecule has 0 saturated heterocycles. The van der Waals surface area contributed by atoms with Gasteiger partial charge in [0.2, 0.25) is 0 Å². The first-order valence-electron chi connectivity index (χ1n) is 5.32. The minimum Gasteiger partial charge on any atom is -0.392 e. The minimum atomic E-state index is -0.303. The maximum atomic E-state index is 9.08. The zero-order valence-corrected chi connectivity index (χ0v) is 9.99. The van der Waals surface area contributed by atoms with Gasteiger partial charge in [0.1, 0.15) is 0 Å². The molecule has 1 atom stereocenters. The highest BCUT2D eigenvalue weighted by Crippen LogP contribution is 2.12. The van der Waals surface area contributed by atoms with Crippen LogP contribution in [0.4, 0.5) is 0 Å². The van der Waals surface area contributed by atoms with E-state index >= 15 is 0 Å². The third-order valence-electron chi connectivity index (χ3n) is 2.09. The van der Waals surface area contributed by atoms with Crippen molar-refractivity contribution in [2.24, 2.45) is 0 Å². The molecular weight excluding hydrogens is 190 g/mol. The molecule has 4 heteroatoms. The normalized spacial score (nSPS) is 14.2. The minimum absolute atomic E-state index is 0.0303. The zero-order chi connectivity index (χ0) is 11.5. The molecule has 0 aliphatic rings. The first-order chi connectivity index (χ1) is 6.89. The number of hydrogen-bond donors (Lipinski definition) is 2. The Hall–Kier alpha value is -0.870. The van der Waals surface area contributed by atoms with Crippen LogP contribution in [0.5, 0.6) is 0 Å². The third kappa shape index (κ3) is 4.01. The van der Waals surface area contributed by atoms with Crippen molar-refractivity contribution in [1.82, 2.24) is 15.1 Å². The second-order valence-corrected chi connectivity index (χ2v) is 4.94. The van der Waals surface area contributed by atoms with E-state index in [0.717, 1.165) is 12.1 Å². The lowest BCUT2D eigenvalue weighted by molar-refractivity contribution is 0.191. The molecule has 15 heavy (non-hydrogen) atoms. The van der Waals surface area contributed by atoms with E-state index in [1.54, 1.807) is 6.92 Å². The number of nitrogens with one attached hydrogen (secondary N) is 1. The van der Waals surface area contributed by atoms with Gasteiger partial charge in [-0.1, -0.05) is 0 Å². The van der Waals surface area contributed by atoms with Crippen molar-refractivity contribution in [2.75, 3.05) is 6.54 Å². The van der Waals surface area contributed by atoms with Gasteiger partial charge < -0.3 is 10.4 Å². The molecule has 1 heterocycles. The molecular formula is C11H21N3O. The van der Waals surface area contributed by atoms with Crippen molar-refractivity contribution in [1.29, 1.82) is 0 Å². The molecule has 0 fully saturated rings. The first kappa shape index (κ1) is 12.2. The molecule has 1 rings (SSSR count). The molecule has 0 spiro atoms. The second kappa shape index (κ2) is 4.77. The monoisotopic (exact) mass is 211 g/mol. The number of aliphatic hydroxyl groups is 1. The number of aliphatic hydroxyl groups excluding tert-OH is 1. The molecule has 0 aliphatic carbocycles. The molecule has 0 aliphatic heterocycles. The highest BCUT2D eigenvalue weighted by molar-refractivity contribution is 5.04. The second-order valence-electron chi connectivity index (χ2n) is 4.94. The average Bonchev–Trinajstić information content (AvgIpc) is 2.51. The van der Waals surface area contributed by atoms with E-state index in [2.05, 4.69) is 31.2 Å². The fourth-order valence-electron chi connectivity index (χ4n) is 1.24. The van der Waals surface area contributed by atoms with Crippen LogP contribution in [0.3, 0.4) is 0 Å². The van der Waals surface area contributed by atoms with Gasteiger partial charge in [0.05, 0.1) is 17.8 Å². The van der Waals surface area contributed by atoms with E-state index in [-0.39, 0.29) is 11.6 Å². The van der Waals surface area contributed by atoms with Crippen molar-refractivity contribution < 1.29 is 5.11 Å². The van der Waals surface area contributed by atoms with E-state index in [1.807, 2.05) is 17.1 Å². The number of hydrogen-bond acceptors (Lipinski definition) is 3. The predicted octanol–water partition coefficient (Wildman–Crippen LogP) is 1.11. The number of aromatic nitrogens is 2. The van der Waals surface area contributed by atoms with E-state index in [4.69, 9.17) is 5.11 Å². The van der Waals surface area contributed by atoms with E-state index < -0.39 is 0 Å². The lowest BCUT2D eigenvalue weighted by atomic mass is 10.1. The highest BCUT2D eigenvalue weighted by Gasteiger charge is 2.13. The Balaban J connectivity index is 2.47. The maximum absolute atomic E-state index is 9.08. The van der Waals surface area contributed by atoms with Crippen LogP contribution < -0.4 is 5.32 Å². The van der Waals surface area contributed by atoms with Crippen molar-refractivity contribution in [3.63, 3.8) is 0 Å². The van der Waals surface area contributed by atoms with Crippen LogP contribution >= 0.6 is 0 Å². The van der Waals surface area contributed by atoms with Crippen LogP contribution in [0.25, 0.3) is 0 Å². The number of nitrogens with zero attached hydrogens (tertiary/aromatic N) is 2. The largest absolute Gasteiger partial charge is 0.392 e. The van der Waals surface area contributed by atoms with Crippen LogP contribution in [0.2, 0.25) is 0 Å². The van der Waals surface area contributed by atoms with Crippen molar-refractivity contribution in [3.8, 4) is 0 Å². The predicted molar refractivity (Wildman–Crippen MR) is 60.6 cm³/mol. The summed E-state index contributed by atoms with van der Waals surface area (Å²) in [6, 6.07) is 0. The SMILES string of the molecule is C[C@@H](O)CNCc1cnn(C(C)(C)C)c1. The summed E-state index contributed by atoms with van der Waals surface area (Å²) in [6.45, 7) is 9.49. The summed E-state index contributed by atoms with van der Waals surface area (Å²) in [5.74, 6) is 0. The van der Waals surface area contributed by atoms with Crippen LogP contribution in [-0.2, 0) is 12.1 Å². The van der Waals surface area contributed by atoms with Gasteiger partial charge in [0.25, 0.3) is 0 Å². The smallest absolute Gasteiger partial charge is 0.0636 e. The number of rotatable bonds is 4. The van der Waals surface area contributed by atoms with Gasteiger partial charge in [-0.05, 0) is 27.7 Å². The molecule has 0 unspecified atom stereocenters. The Morgan fingerprint density at radius 1 is 1.53 bits per heavy atom. The van der Waals surface area contributed by atoms with E-state index in [1.165, 1.54) is 0 Å². The summed E-state index contributed by atoms with van der Waals surface area (Å²) in [6.07, 6.45) is 3.60. The van der Waals surface area contributed by atoms with Gasteiger partial charge in [-0.15, -0.1) is 0 Å². The summed E-state index contributed by atoms with van der Waals surface area (Å²) < 4.78 is 1.95. The van der Waals surface area contributed by atoms with Crippen molar-refractivity contribution >= 4 is 0 Å². The molecule has 0 bridgehead atoms. The Morgan fingerprint density at radius 3 is 2.67 bits per heavy atom. The lowest BCUT2D eigenvalue weighted by Gasteiger charge is -2.18. The van der Waals surface area contributed by atoms with Crippen molar-refractivity contribution in [2.45, 2.75) is 45.9 Å². The van der Waals surface area contributed by atoms with Crippen LogP contribution in [0, 0.1) is 0 Å². The maximum Gasteiger partial charge on any atom is 0.0636 e. The van der Waals surface area contributed by atoms with Gasteiger partial charge in [-0.3, -0.25) is 4.68 Å². The van der Waals surface area contributed by atoms with Gasteiger partial charge in [-0.2, -0.15) is 5.10 Å². The van der Waals surface area contributed by atoms with Gasteiger partial charge in [-0.25, -0.2) is 0 Å². The Morgan fingerprint density at radius 2 is 2.20 bits per heavy atom. The quantitative estimate of drug-likeness (QED) is 0.784. The molecule has 1 aromatic rings. The topological polar surface area (TPSA) is 50.1 Å². The van der Waals surface area contributed by atoms with Crippen molar-refractivity contribution in [3.05, 3.63) is 18.0 Å². The van der Waals surface area contributed by atoms with Crippen LogP contribution in [0.1, 0.15) is 33.3 Å². The molecule has 1 aromatic heterocycles. The van der Waals surface area contributed by atoms with Crippen LogP contribution in [0.15, 0.2) is 12.4 Å². The molecule has 0 aromatic carbocycles. The van der Waals surface area contributed by atoms with E-state index in [9.17, 15) is 0 Å². The standard InChI is InChI=1S/C11H21N3O/c1-9(15)5-12-6-10-7-13-14(8-10)11(2,3)4/h7-9,12,15H,5-6H2,1-4H3/t9-/m1/s1. The molecule has 0 radical (unpaired) electrons. The average molecular weight is 211 g/mol. The summed E-state index contributed by atoms with van der Waals surface area (Å²) in [5.41, 5.74) is 1.17. The first-order valence-corrected chi connectivity index (χ1v) is 5.32. The van der Waals surface area contributed by atoms with E-state index in [0.29, 0.717) is 6.54 Å². The molecule has 0 saturated carbocycles. The summed E-state index contributed by atoms with van der Waals surface area (Å²) >= 11 is 0. The zero-order valence-electron chi connectivity index (χ0n) is 9.99. The van der Waals surface area contributed by atoms with Gasteiger partial charge >= 0.3 is 0 Å². The fraction of sp³-hybridized carbons (Fsp3) is 0.727. The Labute approximate surface area is 91.3 Å². The highest BCUT2D eigenvalue weighted by atomic mass is 16.3. The lowest BCUT2D eigenvalue weighted by Crippen LogP contribution is -2.24. The van der Waals surface area contributed by atoms with Crippen LogP contribution in [-0.4, -0.2) is 27.5 Å².